The van der Waals surface area contributed by atoms with Crippen molar-refractivity contribution in [2.45, 2.75) is 32.7 Å². The maximum atomic E-state index is 3.56. The van der Waals surface area contributed by atoms with Crippen molar-refractivity contribution in [1.82, 2.24) is 4.90 Å². The van der Waals surface area contributed by atoms with Crippen LogP contribution in [0.15, 0.2) is 34.8 Å². The van der Waals surface area contributed by atoms with Crippen LogP contribution in [0.3, 0.4) is 0 Å². The number of rotatable bonds is 2. The second-order valence-electron chi connectivity index (χ2n) is 5.61. The minimum atomic E-state index is 1.11. The van der Waals surface area contributed by atoms with Crippen LogP contribution in [0.5, 0.6) is 0 Å². The van der Waals surface area contributed by atoms with Crippen molar-refractivity contribution in [3.63, 3.8) is 0 Å². The predicted molar refractivity (Wildman–Crippen MR) is 85.5 cm³/mol. The summed E-state index contributed by atoms with van der Waals surface area (Å²) in [7, 11) is 0. The van der Waals surface area contributed by atoms with Gasteiger partial charge in [-0.3, -0.25) is 4.90 Å². The van der Waals surface area contributed by atoms with Crippen molar-refractivity contribution in [1.29, 1.82) is 0 Å². The van der Waals surface area contributed by atoms with E-state index in [2.05, 4.69) is 58.1 Å². The predicted octanol–water partition coefficient (Wildman–Crippen LogP) is 4.90. The Labute approximate surface area is 123 Å². The molecule has 1 nitrogen and oxygen atoms in total. The monoisotopic (exact) mass is 317 g/mol. The van der Waals surface area contributed by atoms with E-state index in [4.69, 9.17) is 0 Å². The highest BCUT2D eigenvalue weighted by atomic mass is 79.9. The first kappa shape index (κ1) is 13.1. The quantitative estimate of drug-likeness (QED) is 0.761. The molecule has 0 aromatic heterocycles. The first-order valence-corrected chi connectivity index (χ1v) is 7.93. The Morgan fingerprint density at radius 1 is 1.00 bits per heavy atom. The highest BCUT2D eigenvalue weighted by Crippen LogP contribution is 2.25. The van der Waals surface area contributed by atoms with Crippen LogP contribution in [0.25, 0.3) is 10.8 Å². The van der Waals surface area contributed by atoms with Crippen LogP contribution < -0.4 is 0 Å². The minimum absolute atomic E-state index is 1.11. The van der Waals surface area contributed by atoms with E-state index < -0.39 is 0 Å². The summed E-state index contributed by atoms with van der Waals surface area (Å²) in [6.45, 7) is 5.86. The molecule has 2 heteroatoms. The van der Waals surface area contributed by atoms with Gasteiger partial charge in [0.2, 0.25) is 0 Å². The molecule has 1 aliphatic heterocycles. The molecule has 3 rings (SSSR count). The van der Waals surface area contributed by atoms with Crippen molar-refractivity contribution < 1.29 is 0 Å². The van der Waals surface area contributed by atoms with E-state index in [9.17, 15) is 0 Å². The van der Waals surface area contributed by atoms with E-state index in [1.165, 1.54) is 54.3 Å². The Bertz CT molecular complexity index is 585. The number of piperidine rings is 1. The van der Waals surface area contributed by atoms with Crippen LogP contribution in [0.4, 0.5) is 0 Å². The van der Waals surface area contributed by atoms with Crippen LogP contribution in [0.2, 0.25) is 0 Å². The van der Waals surface area contributed by atoms with Gasteiger partial charge in [0.15, 0.2) is 0 Å². The van der Waals surface area contributed by atoms with Crippen LogP contribution >= 0.6 is 15.9 Å². The van der Waals surface area contributed by atoms with Gasteiger partial charge in [0, 0.05) is 11.0 Å². The number of hydrogen-bond acceptors (Lipinski definition) is 1. The van der Waals surface area contributed by atoms with Crippen molar-refractivity contribution in [3.05, 3.63) is 45.9 Å². The topological polar surface area (TPSA) is 3.24 Å². The molecule has 2 aromatic rings. The smallest absolute Gasteiger partial charge is 0.0236 e. The molecule has 1 heterocycles. The fourth-order valence-corrected chi connectivity index (χ4v) is 3.34. The molecular formula is C17H20BrN. The lowest BCUT2D eigenvalue weighted by molar-refractivity contribution is 0.220. The number of benzene rings is 2. The van der Waals surface area contributed by atoms with E-state index in [1.807, 2.05) is 0 Å². The molecule has 0 aliphatic carbocycles. The van der Waals surface area contributed by atoms with Crippen LogP contribution in [-0.2, 0) is 6.54 Å². The van der Waals surface area contributed by atoms with Crippen molar-refractivity contribution >= 4 is 26.7 Å². The molecule has 0 radical (unpaired) electrons. The highest BCUT2D eigenvalue weighted by Gasteiger charge is 2.12. The molecular weight excluding hydrogens is 298 g/mol. The minimum Gasteiger partial charge on any atom is -0.299 e. The number of likely N-dealkylation sites (tertiary alicyclic amines) is 1. The molecule has 1 fully saturated rings. The third-order valence-electron chi connectivity index (χ3n) is 4.10. The second-order valence-corrected chi connectivity index (χ2v) is 6.52. The molecule has 0 bridgehead atoms. The van der Waals surface area contributed by atoms with Crippen LogP contribution in [0, 0.1) is 6.92 Å². The molecule has 0 spiro atoms. The lowest BCUT2D eigenvalue weighted by Gasteiger charge is -2.27. The number of nitrogens with zero attached hydrogens (tertiary/aromatic N) is 1. The maximum absolute atomic E-state index is 3.56. The summed E-state index contributed by atoms with van der Waals surface area (Å²) >= 11 is 3.56. The Kier molecular flexibility index (Phi) is 3.90. The molecule has 0 amide bonds. The van der Waals surface area contributed by atoms with Crippen molar-refractivity contribution in [3.8, 4) is 0 Å². The fourth-order valence-electron chi connectivity index (χ4n) is 2.96. The van der Waals surface area contributed by atoms with Gasteiger partial charge in [-0.1, -0.05) is 34.5 Å². The van der Waals surface area contributed by atoms with Gasteiger partial charge in [-0.25, -0.2) is 0 Å². The lowest BCUT2D eigenvalue weighted by atomic mass is 10.0. The standard InChI is InChI=1S/C17H20BrN/c1-13-9-14-5-6-17(18)11-15(14)10-16(13)12-19-7-3-2-4-8-19/h5-6,9-11H,2-4,7-8,12H2,1H3. The number of fused-ring (bicyclic) bond motifs is 1. The summed E-state index contributed by atoms with van der Waals surface area (Å²) in [6, 6.07) is 11.2. The zero-order valence-corrected chi connectivity index (χ0v) is 13.0. The normalized spacial score (nSPS) is 16.9. The molecule has 0 atom stereocenters. The molecule has 0 unspecified atom stereocenters. The van der Waals surface area contributed by atoms with E-state index in [1.54, 1.807) is 0 Å². The zero-order chi connectivity index (χ0) is 13.2. The molecule has 1 saturated heterocycles. The third-order valence-corrected chi connectivity index (χ3v) is 4.59. The summed E-state index contributed by atoms with van der Waals surface area (Å²) in [5.41, 5.74) is 2.90. The summed E-state index contributed by atoms with van der Waals surface area (Å²) in [6.07, 6.45) is 4.12. The van der Waals surface area contributed by atoms with Gasteiger partial charge < -0.3 is 0 Å². The molecule has 19 heavy (non-hydrogen) atoms. The summed E-state index contributed by atoms with van der Waals surface area (Å²) in [5.74, 6) is 0. The SMILES string of the molecule is Cc1cc2ccc(Br)cc2cc1CN1CCCCC1. The van der Waals surface area contributed by atoms with Crippen LogP contribution in [-0.4, -0.2) is 18.0 Å². The highest BCUT2D eigenvalue weighted by molar-refractivity contribution is 9.10. The van der Waals surface area contributed by atoms with E-state index in [0.29, 0.717) is 0 Å². The van der Waals surface area contributed by atoms with E-state index in [0.717, 1.165) is 11.0 Å². The van der Waals surface area contributed by atoms with E-state index in [-0.39, 0.29) is 0 Å². The van der Waals surface area contributed by atoms with Gasteiger partial charge in [0.25, 0.3) is 0 Å². The van der Waals surface area contributed by atoms with Gasteiger partial charge in [-0.2, -0.15) is 0 Å². The zero-order valence-electron chi connectivity index (χ0n) is 11.5. The van der Waals surface area contributed by atoms with Gasteiger partial charge in [0.1, 0.15) is 0 Å². The third kappa shape index (κ3) is 3.01. The molecule has 1 aliphatic rings. The second kappa shape index (κ2) is 5.64. The number of aryl methyl sites for hydroxylation is 1. The average Bonchev–Trinajstić information content (AvgIpc) is 2.41. The number of hydrogen-bond donors (Lipinski definition) is 0. The Morgan fingerprint density at radius 3 is 2.58 bits per heavy atom. The molecule has 0 saturated carbocycles. The summed E-state index contributed by atoms with van der Waals surface area (Å²) < 4.78 is 1.16. The largest absolute Gasteiger partial charge is 0.299 e. The Hall–Kier alpha value is -0.860. The van der Waals surface area contributed by atoms with Crippen LogP contribution in [0.1, 0.15) is 30.4 Å². The maximum Gasteiger partial charge on any atom is 0.0236 e. The summed E-state index contributed by atoms with van der Waals surface area (Å²) in [5, 5.41) is 2.68. The lowest BCUT2D eigenvalue weighted by Crippen LogP contribution is -2.29. The Balaban J connectivity index is 1.91. The molecule has 2 aromatic carbocycles. The number of halogens is 1. The van der Waals surface area contributed by atoms with E-state index >= 15 is 0 Å². The fraction of sp³-hybridized carbons (Fsp3) is 0.412. The molecule has 100 valence electrons. The summed E-state index contributed by atoms with van der Waals surface area (Å²) in [4.78, 5) is 2.59. The van der Waals surface area contributed by atoms with Gasteiger partial charge in [-0.05, 0) is 73.0 Å². The van der Waals surface area contributed by atoms with Crippen molar-refractivity contribution in [2.24, 2.45) is 0 Å². The van der Waals surface area contributed by atoms with Gasteiger partial charge >= 0.3 is 0 Å². The Morgan fingerprint density at radius 2 is 1.79 bits per heavy atom. The van der Waals surface area contributed by atoms with Gasteiger partial charge in [-0.15, -0.1) is 0 Å². The van der Waals surface area contributed by atoms with Gasteiger partial charge in [0.05, 0.1) is 0 Å². The first-order chi connectivity index (χ1) is 9.22. The first-order valence-electron chi connectivity index (χ1n) is 7.13. The van der Waals surface area contributed by atoms with Crippen molar-refractivity contribution in [2.75, 3.05) is 13.1 Å². The average molecular weight is 318 g/mol. The molecule has 0 N–H and O–H groups in total.